The molecular weight excluding hydrogens is 268 g/mol. The van der Waals surface area contributed by atoms with Crippen LogP contribution in [0.5, 0.6) is 5.75 Å². The first-order chi connectivity index (χ1) is 9.83. The van der Waals surface area contributed by atoms with Gasteiger partial charge in [-0.25, -0.2) is 0 Å². The largest absolute Gasteiger partial charge is 0.496 e. The molecule has 0 aliphatic rings. The van der Waals surface area contributed by atoms with Gasteiger partial charge in [-0.1, -0.05) is 36.1 Å². The fourth-order valence-electron chi connectivity index (χ4n) is 1.78. The number of para-hydroxylation sites is 1. The molecule has 1 N–H and O–H groups in total. The molecule has 0 aliphatic heterocycles. The van der Waals surface area contributed by atoms with Crippen LogP contribution in [0.25, 0.3) is 0 Å². The molecule has 20 heavy (non-hydrogen) atoms. The number of thioether (sulfide) groups is 1. The van der Waals surface area contributed by atoms with Gasteiger partial charge in [-0.3, -0.25) is 0 Å². The third-order valence-electron chi connectivity index (χ3n) is 2.70. The van der Waals surface area contributed by atoms with Crippen molar-refractivity contribution < 1.29 is 9.84 Å². The van der Waals surface area contributed by atoms with Crippen LogP contribution in [0.3, 0.4) is 0 Å². The van der Waals surface area contributed by atoms with Crippen LogP contribution >= 0.6 is 11.8 Å². The van der Waals surface area contributed by atoms with E-state index in [4.69, 9.17) is 9.84 Å². The maximum absolute atomic E-state index is 8.71. The average Bonchev–Trinajstić information content (AvgIpc) is 2.51. The summed E-state index contributed by atoms with van der Waals surface area (Å²) in [5, 5.41) is 8.71. The van der Waals surface area contributed by atoms with Gasteiger partial charge in [-0.05, 0) is 29.8 Å². The molecule has 102 valence electrons. The van der Waals surface area contributed by atoms with Crippen LogP contribution in [0.2, 0.25) is 0 Å². The normalized spacial score (nSPS) is 9.70. The summed E-state index contributed by atoms with van der Waals surface area (Å²) in [7, 11) is 1.69. The van der Waals surface area contributed by atoms with Crippen LogP contribution < -0.4 is 4.74 Å². The van der Waals surface area contributed by atoms with Crippen molar-refractivity contribution in [3.05, 3.63) is 59.7 Å². The van der Waals surface area contributed by atoms with Gasteiger partial charge >= 0.3 is 0 Å². The molecular formula is C17H16O2S. The van der Waals surface area contributed by atoms with E-state index in [0.29, 0.717) is 0 Å². The zero-order valence-electron chi connectivity index (χ0n) is 11.3. The van der Waals surface area contributed by atoms with E-state index in [0.717, 1.165) is 22.0 Å². The van der Waals surface area contributed by atoms with Gasteiger partial charge < -0.3 is 9.84 Å². The molecule has 2 aromatic rings. The second kappa shape index (κ2) is 7.64. The van der Waals surface area contributed by atoms with E-state index in [2.05, 4.69) is 24.0 Å². The molecule has 0 heterocycles. The van der Waals surface area contributed by atoms with Gasteiger partial charge in [-0.15, -0.1) is 11.8 Å². The second-order valence-corrected chi connectivity index (χ2v) is 5.12. The first-order valence-electron chi connectivity index (χ1n) is 6.28. The summed E-state index contributed by atoms with van der Waals surface area (Å²) in [4.78, 5) is 1.13. The van der Waals surface area contributed by atoms with Crippen molar-refractivity contribution >= 4 is 11.8 Å². The highest BCUT2D eigenvalue weighted by Crippen LogP contribution is 2.31. The molecule has 3 heteroatoms. The highest BCUT2D eigenvalue weighted by atomic mass is 32.2. The summed E-state index contributed by atoms with van der Waals surface area (Å²) in [6.45, 7) is -0.111. The summed E-state index contributed by atoms with van der Waals surface area (Å²) in [6.07, 6.45) is 0. The van der Waals surface area contributed by atoms with E-state index >= 15 is 0 Å². The maximum Gasteiger partial charge on any atom is 0.132 e. The summed E-state index contributed by atoms with van der Waals surface area (Å²) in [6, 6.07) is 16.0. The standard InChI is InChI=1S/C17H16O2S/c1-19-16-9-2-3-10-17(16)20-13-15-7-4-6-14(12-15)8-5-11-18/h2-4,6-7,9-10,12,18H,11,13H2,1H3. The molecule has 0 amide bonds. The highest BCUT2D eigenvalue weighted by Gasteiger charge is 2.03. The maximum atomic E-state index is 8.71. The van der Waals surface area contributed by atoms with Crippen molar-refractivity contribution in [3.8, 4) is 17.6 Å². The van der Waals surface area contributed by atoms with Crippen molar-refractivity contribution in [2.45, 2.75) is 10.6 Å². The molecule has 0 aliphatic carbocycles. The SMILES string of the molecule is COc1ccccc1SCc1cccc(C#CCO)c1. The average molecular weight is 284 g/mol. The summed E-state index contributed by atoms with van der Waals surface area (Å²) >= 11 is 1.73. The Morgan fingerprint density at radius 1 is 1.15 bits per heavy atom. The second-order valence-electron chi connectivity index (χ2n) is 4.10. The molecule has 0 saturated carbocycles. The number of hydrogen-bond acceptors (Lipinski definition) is 3. The van der Waals surface area contributed by atoms with Crippen molar-refractivity contribution in [2.24, 2.45) is 0 Å². The summed E-state index contributed by atoms with van der Waals surface area (Å²) in [5.41, 5.74) is 2.13. The van der Waals surface area contributed by atoms with Crippen LogP contribution in [-0.2, 0) is 5.75 Å². The lowest BCUT2D eigenvalue weighted by Gasteiger charge is -2.07. The van der Waals surface area contributed by atoms with E-state index in [1.807, 2.05) is 36.4 Å². The molecule has 2 aromatic carbocycles. The van der Waals surface area contributed by atoms with E-state index in [1.165, 1.54) is 5.56 Å². The minimum atomic E-state index is -0.111. The first kappa shape index (κ1) is 14.5. The zero-order valence-corrected chi connectivity index (χ0v) is 12.1. The molecule has 0 spiro atoms. The van der Waals surface area contributed by atoms with E-state index < -0.39 is 0 Å². The molecule has 2 rings (SSSR count). The topological polar surface area (TPSA) is 29.5 Å². The lowest BCUT2D eigenvalue weighted by atomic mass is 10.1. The molecule has 0 bridgehead atoms. The molecule has 0 atom stereocenters. The van der Waals surface area contributed by atoms with Gasteiger partial charge in [0, 0.05) is 16.2 Å². The Bertz CT molecular complexity index is 626. The van der Waals surface area contributed by atoms with Gasteiger partial charge in [0.1, 0.15) is 12.4 Å². The number of methoxy groups -OCH3 is 1. The quantitative estimate of drug-likeness (QED) is 0.690. The smallest absolute Gasteiger partial charge is 0.132 e. The van der Waals surface area contributed by atoms with Crippen molar-refractivity contribution in [2.75, 3.05) is 13.7 Å². The molecule has 0 fully saturated rings. The predicted molar refractivity (Wildman–Crippen MR) is 83.0 cm³/mol. The van der Waals surface area contributed by atoms with Crippen LogP contribution in [-0.4, -0.2) is 18.8 Å². The van der Waals surface area contributed by atoms with Gasteiger partial charge in [0.05, 0.1) is 7.11 Å². The minimum absolute atomic E-state index is 0.111. The Balaban J connectivity index is 2.07. The number of hydrogen-bond donors (Lipinski definition) is 1. The van der Waals surface area contributed by atoms with Gasteiger partial charge in [0.25, 0.3) is 0 Å². The van der Waals surface area contributed by atoms with Crippen molar-refractivity contribution in [1.29, 1.82) is 0 Å². The Morgan fingerprint density at radius 3 is 2.80 bits per heavy atom. The fourth-order valence-corrected chi connectivity index (χ4v) is 2.75. The molecule has 2 nitrogen and oxygen atoms in total. The lowest BCUT2D eigenvalue weighted by molar-refractivity contribution is 0.350. The summed E-state index contributed by atoms with van der Waals surface area (Å²) < 4.78 is 5.34. The van der Waals surface area contributed by atoms with E-state index in [9.17, 15) is 0 Å². The van der Waals surface area contributed by atoms with Gasteiger partial charge in [0.2, 0.25) is 0 Å². The van der Waals surface area contributed by atoms with Gasteiger partial charge in [-0.2, -0.15) is 0 Å². The summed E-state index contributed by atoms with van der Waals surface area (Å²) in [5.74, 6) is 7.34. The van der Waals surface area contributed by atoms with Crippen LogP contribution in [0.15, 0.2) is 53.4 Å². The molecule has 0 radical (unpaired) electrons. The monoisotopic (exact) mass is 284 g/mol. The van der Waals surface area contributed by atoms with E-state index in [-0.39, 0.29) is 6.61 Å². The molecule has 0 unspecified atom stereocenters. The minimum Gasteiger partial charge on any atom is -0.496 e. The Hall–Kier alpha value is -1.89. The number of benzene rings is 2. The van der Waals surface area contributed by atoms with Gasteiger partial charge in [0.15, 0.2) is 0 Å². The lowest BCUT2D eigenvalue weighted by Crippen LogP contribution is -1.87. The van der Waals surface area contributed by atoms with Crippen molar-refractivity contribution in [3.63, 3.8) is 0 Å². The zero-order chi connectivity index (χ0) is 14.2. The predicted octanol–water partition coefficient (Wildman–Crippen LogP) is 3.33. The van der Waals surface area contributed by atoms with Crippen molar-refractivity contribution in [1.82, 2.24) is 0 Å². The van der Waals surface area contributed by atoms with Crippen LogP contribution in [0.4, 0.5) is 0 Å². The fraction of sp³-hybridized carbons (Fsp3) is 0.176. The van der Waals surface area contributed by atoms with E-state index in [1.54, 1.807) is 18.9 Å². The third kappa shape index (κ3) is 4.06. The Morgan fingerprint density at radius 2 is 2.00 bits per heavy atom. The first-order valence-corrected chi connectivity index (χ1v) is 7.26. The van der Waals surface area contributed by atoms with Crippen LogP contribution in [0, 0.1) is 11.8 Å². The molecule has 0 aromatic heterocycles. The Labute approximate surface area is 123 Å². The number of aliphatic hydroxyl groups is 1. The highest BCUT2D eigenvalue weighted by molar-refractivity contribution is 7.98. The Kier molecular flexibility index (Phi) is 5.55. The number of ether oxygens (including phenoxy) is 1. The third-order valence-corrected chi connectivity index (χ3v) is 3.83. The number of aliphatic hydroxyl groups excluding tert-OH is 1. The number of rotatable bonds is 4. The molecule has 0 saturated heterocycles. The van der Waals surface area contributed by atoms with Crippen LogP contribution in [0.1, 0.15) is 11.1 Å².